The molecule has 0 spiro atoms. The topological polar surface area (TPSA) is 75.0 Å². The zero-order chi connectivity index (χ0) is 14.7. The summed E-state index contributed by atoms with van der Waals surface area (Å²) >= 11 is 0. The molecule has 1 aromatic carbocycles. The van der Waals surface area contributed by atoms with E-state index in [1.807, 2.05) is 24.3 Å². The molecule has 1 fully saturated rings. The van der Waals surface area contributed by atoms with Crippen LogP contribution in [0.15, 0.2) is 29.1 Å². The van der Waals surface area contributed by atoms with Crippen LogP contribution >= 0.6 is 0 Å². The third kappa shape index (κ3) is 3.14. The summed E-state index contributed by atoms with van der Waals surface area (Å²) in [5.41, 5.74) is 6.43. The second-order valence-electron chi connectivity index (χ2n) is 5.73. The lowest BCUT2D eigenvalue weighted by atomic mass is 9.99. The minimum atomic E-state index is -0.0528. The lowest BCUT2D eigenvalue weighted by molar-refractivity contribution is 0.130. The number of aromatic nitrogens is 2. The van der Waals surface area contributed by atoms with Crippen LogP contribution in [0.4, 0.5) is 0 Å². The van der Waals surface area contributed by atoms with Crippen molar-refractivity contribution in [3.8, 4) is 0 Å². The SMILES string of the molecule is NCCC1CCCCN1Cc1nc2ccccc2c(=O)[nH]1. The molecule has 1 unspecified atom stereocenters. The number of nitrogens with zero attached hydrogens (tertiary/aromatic N) is 2. The first-order valence-corrected chi connectivity index (χ1v) is 7.70. The number of fused-ring (bicyclic) bond motifs is 1. The Morgan fingerprint density at radius 3 is 3.05 bits per heavy atom. The van der Waals surface area contributed by atoms with Gasteiger partial charge in [0.05, 0.1) is 17.4 Å². The smallest absolute Gasteiger partial charge is 0.258 e. The number of H-pyrrole nitrogens is 1. The Bertz CT molecular complexity index is 665. The number of piperidine rings is 1. The maximum Gasteiger partial charge on any atom is 0.258 e. The molecule has 1 saturated heterocycles. The van der Waals surface area contributed by atoms with Crippen LogP contribution in [-0.4, -0.2) is 34.0 Å². The fraction of sp³-hybridized carbons (Fsp3) is 0.500. The lowest BCUT2D eigenvalue weighted by Gasteiger charge is -2.35. The molecular formula is C16H22N4O. The third-order valence-electron chi connectivity index (χ3n) is 4.26. The normalized spacial score (nSPS) is 20.0. The molecular weight excluding hydrogens is 264 g/mol. The Morgan fingerprint density at radius 2 is 2.19 bits per heavy atom. The van der Waals surface area contributed by atoms with Crippen molar-refractivity contribution < 1.29 is 0 Å². The molecule has 1 aliphatic rings. The van der Waals surface area contributed by atoms with Crippen LogP contribution in [0.3, 0.4) is 0 Å². The Labute approximate surface area is 124 Å². The summed E-state index contributed by atoms with van der Waals surface area (Å²) in [6, 6.07) is 7.99. The largest absolute Gasteiger partial charge is 0.330 e. The quantitative estimate of drug-likeness (QED) is 0.895. The minimum Gasteiger partial charge on any atom is -0.330 e. The Balaban J connectivity index is 1.85. The van der Waals surface area contributed by atoms with Crippen molar-refractivity contribution in [1.82, 2.24) is 14.9 Å². The number of aromatic amines is 1. The highest BCUT2D eigenvalue weighted by Gasteiger charge is 2.22. The van der Waals surface area contributed by atoms with E-state index in [0.717, 1.165) is 24.3 Å². The molecule has 0 bridgehead atoms. The van der Waals surface area contributed by atoms with Crippen LogP contribution in [0.1, 0.15) is 31.5 Å². The van der Waals surface area contributed by atoms with E-state index in [0.29, 0.717) is 24.5 Å². The molecule has 1 atom stereocenters. The van der Waals surface area contributed by atoms with Crippen molar-refractivity contribution in [2.75, 3.05) is 13.1 Å². The summed E-state index contributed by atoms with van der Waals surface area (Å²) in [6.07, 6.45) is 4.68. The molecule has 1 aromatic heterocycles. The molecule has 5 nitrogen and oxygen atoms in total. The maximum atomic E-state index is 12.1. The highest BCUT2D eigenvalue weighted by molar-refractivity contribution is 5.77. The Morgan fingerprint density at radius 1 is 1.33 bits per heavy atom. The van der Waals surface area contributed by atoms with Gasteiger partial charge in [-0.25, -0.2) is 4.98 Å². The third-order valence-corrected chi connectivity index (χ3v) is 4.26. The predicted octanol–water partition coefficient (Wildman–Crippen LogP) is 1.63. The van der Waals surface area contributed by atoms with E-state index in [9.17, 15) is 4.79 Å². The molecule has 5 heteroatoms. The fourth-order valence-electron chi connectivity index (χ4n) is 3.19. The molecule has 3 rings (SSSR count). The fourth-order valence-corrected chi connectivity index (χ4v) is 3.19. The van der Waals surface area contributed by atoms with Crippen molar-refractivity contribution >= 4 is 10.9 Å². The molecule has 1 aliphatic heterocycles. The van der Waals surface area contributed by atoms with Gasteiger partial charge in [-0.3, -0.25) is 9.69 Å². The van der Waals surface area contributed by atoms with Gasteiger partial charge in [0, 0.05) is 6.04 Å². The van der Waals surface area contributed by atoms with Crippen LogP contribution < -0.4 is 11.3 Å². The average Bonchev–Trinajstić information content (AvgIpc) is 2.50. The van der Waals surface area contributed by atoms with Gasteiger partial charge in [-0.15, -0.1) is 0 Å². The molecule has 2 aromatic rings. The van der Waals surface area contributed by atoms with Crippen molar-refractivity contribution in [3.63, 3.8) is 0 Å². The van der Waals surface area contributed by atoms with Crippen LogP contribution in [-0.2, 0) is 6.54 Å². The molecule has 112 valence electrons. The lowest BCUT2D eigenvalue weighted by Crippen LogP contribution is -2.40. The Kier molecular flexibility index (Phi) is 4.31. The summed E-state index contributed by atoms with van der Waals surface area (Å²) in [4.78, 5) is 22.0. The standard InChI is InChI=1S/C16H22N4O/c17-9-8-12-5-3-4-10-20(12)11-15-18-14-7-2-1-6-13(14)16(21)19-15/h1-2,6-7,12H,3-5,8-11,17H2,(H,18,19,21). The van der Waals surface area contributed by atoms with E-state index < -0.39 is 0 Å². The van der Waals surface area contributed by atoms with Gasteiger partial charge in [0.25, 0.3) is 5.56 Å². The average molecular weight is 286 g/mol. The van der Waals surface area contributed by atoms with Crippen LogP contribution in [0, 0.1) is 0 Å². The summed E-state index contributed by atoms with van der Waals surface area (Å²) in [5.74, 6) is 0.752. The molecule has 0 radical (unpaired) electrons. The molecule has 0 aliphatic carbocycles. The zero-order valence-corrected chi connectivity index (χ0v) is 12.2. The first-order valence-electron chi connectivity index (χ1n) is 7.70. The molecule has 2 heterocycles. The Hall–Kier alpha value is -1.72. The number of rotatable bonds is 4. The van der Waals surface area contributed by atoms with E-state index in [4.69, 9.17) is 5.73 Å². The molecule has 3 N–H and O–H groups in total. The second kappa shape index (κ2) is 6.37. The van der Waals surface area contributed by atoms with E-state index in [1.54, 1.807) is 0 Å². The number of hydrogen-bond donors (Lipinski definition) is 2. The monoisotopic (exact) mass is 286 g/mol. The van der Waals surface area contributed by atoms with Crippen LogP contribution in [0.25, 0.3) is 10.9 Å². The number of benzene rings is 1. The minimum absolute atomic E-state index is 0.0528. The van der Waals surface area contributed by atoms with Crippen molar-refractivity contribution in [3.05, 3.63) is 40.4 Å². The van der Waals surface area contributed by atoms with Gasteiger partial charge in [0.15, 0.2) is 0 Å². The van der Waals surface area contributed by atoms with Gasteiger partial charge in [-0.05, 0) is 44.5 Å². The summed E-state index contributed by atoms with van der Waals surface area (Å²) in [6.45, 7) is 2.47. The number of nitrogens with one attached hydrogen (secondary N) is 1. The van der Waals surface area contributed by atoms with Crippen LogP contribution in [0.2, 0.25) is 0 Å². The number of likely N-dealkylation sites (tertiary alicyclic amines) is 1. The van der Waals surface area contributed by atoms with E-state index in [1.165, 1.54) is 19.3 Å². The second-order valence-corrected chi connectivity index (χ2v) is 5.73. The van der Waals surface area contributed by atoms with Gasteiger partial charge in [-0.2, -0.15) is 0 Å². The zero-order valence-electron chi connectivity index (χ0n) is 12.2. The van der Waals surface area contributed by atoms with Crippen molar-refractivity contribution in [2.45, 2.75) is 38.3 Å². The van der Waals surface area contributed by atoms with Gasteiger partial charge in [0.2, 0.25) is 0 Å². The summed E-state index contributed by atoms with van der Waals surface area (Å²) in [5, 5.41) is 0.651. The maximum absolute atomic E-state index is 12.1. The molecule has 21 heavy (non-hydrogen) atoms. The van der Waals surface area contributed by atoms with Gasteiger partial charge in [0.1, 0.15) is 5.82 Å². The van der Waals surface area contributed by atoms with E-state index in [-0.39, 0.29) is 5.56 Å². The van der Waals surface area contributed by atoms with E-state index >= 15 is 0 Å². The molecule has 0 amide bonds. The highest BCUT2D eigenvalue weighted by atomic mass is 16.1. The van der Waals surface area contributed by atoms with E-state index in [2.05, 4.69) is 14.9 Å². The van der Waals surface area contributed by atoms with Crippen LogP contribution in [0.5, 0.6) is 0 Å². The first kappa shape index (κ1) is 14.2. The first-order chi connectivity index (χ1) is 10.3. The predicted molar refractivity (Wildman–Crippen MR) is 84.1 cm³/mol. The number of hydrogen-bond acceptors (Lipinski definition) is 4. The molecule has 0 saturated carbocycles. The van der Waals surface area contributed by atoms with Crippen molar-refractivity contribution in [1.29, 1.82) is 0 Å². The van der Waals surface area contributed by atoms with Gasteiger partial charge >= 0.3 is 0 Å². The van der Waals surface area contributed by atoms with Gasteiger partial charge in [-0.1, -0.05) is 18.6 Å². The van der Waals surface area contributed by atoms with Crippen molar-refractivity contribution in [2.24, 2.45) is 5.73 Å². The number of nitrogens with two attached hydrogens (primary N) is 1. The number of para-hydroxylation sites is 1. The summed E-state index contributed by atoms with van der Waals surface area (Å²) in [7, 11) is 0. The highest BCUT2D eigenvalue weighted by Crippen LogP contribution is 2.20. The summed E-state index contributed by atoms with van der Waals surface area (Å²) < 4.78 is 0. The van der Waals surface area contributed by atoms with Gasteiger partial charge < -0.3 is 10.7 Å².